The predicted octanol–water partition coefficient (Wildman–Crippen LogP) is -4.26. The number of anilines is 1. The van der Waals surface area contributed by atoms with E-state index in [1.165, 1.54) is 28.0 Å². The van der Waals surface area contributed by atoms with E-state index in [0.29, 0.717) is 29.5 Å². The molecular weight excluding hydrogens is 415 g/mol. The smallest absolute Gasteiger partial charge is 0.543 e. The maximum atomic E-state index is 12.2. The summed E-state index contributed by atoms with van der Waals surface area (Å²) in [7, 11) is 0. The zero-order valence-electron chi connectivity index (χ0n) is 15.3. The van der Waals surface area contributed by atoms with Crippen molar-refractivity contribution in [2.75, 3.05) is 18.0 Å². The Balaban J connectivity index is 0.00000225. The number of nitrogens with zero attached hydrogens (tertiary/aromatic N) is 3. The van der Waals surface area contributed by atoms with Crippen LogP contribution < -0.4 is 45.3 Å². The van der Waals surface area contributed by atoms with Crippen molar-refractivity contribution in [3.8, 4) is 0 Å². The van der Waals surface area contributed by atoms with Gasteiger partial charge in [-0.15, -0.1) is 23.1 Å². The number of carbonyl (C=O) groups excluding carboxylic acids is 3. The van der Waals surface area contributed by atoms with Crippen molar-refractivity contribution >= 4 is 46.0 Å². The summed E-state index contributed by atoms with van der Waals surface area (Å²) in [5.41, 5.74) is 5.38. The average Bonchev–Trinajstić information content (AvgIpc) is 3.13. The van der Waals surface area contributed by atoms with E-state index in [2.05, 4.69) is 4.98 Å². The maximum Gasteiger partial charge on any atom is 1.00 e. The Bertz CT molecular complexity index is 867. The molecule has 0 saturated carbocycles. The number of carboxylic acid groups (broad SMARTS) is 1. The second-order valence-electron chi connectivity index (χ2n) is 6.83. The van der Waals surface area contributed by atoms with Crippen molar-refractivity contribution in [1.82, 2.24) is 9.88 Å². The molecule has 28 heavy (non-hydrogen) atoms. The van der Waals surface area contributed by atoms with Crippen molar-refractivity contribution in [2.24, 2.45) is 11.7 Å². The van der Waals surface area contributed by atoms with Crippen molar-refractivity contribution in [3.05, 3.63) is 21.7 Å². The van der Waals surface area contributed by atoms with E-state index in [9.17, 15) is 24.6 Å². The number of rotatable bonds is 6. The van der Waals surface area contributed by atoms with E-state index < -0.39 is 23.9 Å². The number of thioether (sulfide) groups is 1. The quantitative estimate of drug-likeness (QED) is 0.340. The Hall–Kier alpha value is -1.11. The molecule has 0 aliphatic carbocycles. The molecule has 4 heterocycles. The minimum atomic E-state index is -1.36. The molecule has 2 saturated heterocycles. The van der Waals surface area contributed by atoms with Gasteiger partial charge >= 0.3 is 29.6 Å². The van der Waals surface area contributed by atoms with Gasteiger partial charge in [-0.05, 0) is 6.92 Å². The second kappa shape index (κ2) is 7.96. The van der Waals surface area contributed by atoms with Crippen LogP contribution in [-0.2, 0) is 9.59 Å². The molecule has 2 amide bonds. The molecule has 9 nitrogen and oxygen atoms in total. The summed E-state index contributed by atoms with van der Waals surface area (Å²) in [5.74, 6) is -2.85. The van der Waals surface area contributed by atoms with Gasteiger partial charge in [0, 0.05) is 35.0 Å². The molecule has 144 valence electrons. The van der Waals surface area contributed by atoms with Crippen LogP contribution in [-0.4, -0.2) is 63.3 Å². The summed E-state index contributed by atoms with van der Waals surface area (Å²) in [6.45, 7) is 2.85. The first kappa shape index (κ1) is 21.6. The van der Waals surface area contributed by atoms with E-state index in [0.717, 1.165) is 0 Å². The summed E-state index contributed by atoms with van der Waals surface area (Å²) in [6.07, 6.45) is -0.385. The molecule has 3 aliphatic rings. The monoisotopic (exact) mass is 432 g/mol. The van der Waals surface area contributed by atoms with Crippen LogP contribution >= 0.6 is 23.1 Å². The summed E-state index contributed by atoms with van der Waals surface area (Å²) in [6, 6.07) is -0.304. The second-order valence-corrected chi connectivity index (χ2v) is 9.06. The Morgan fingerprint density at radius 3 is 2.68 bits per heavy atom. The predicted molar refractivity (Wildman–Crippen MR) is 96.7 cm³/mol. The molecular formula is C16H17N4NaO5S2. The van der Waals surface area contributed by atoms with E-state index in [1.54, 1.807) is 12.3 Å². The van der Waals surface area contributed by atoms with Crippen LogP contribution in [0, 0.1) is 5.92 Å². The Kier molecular flexibility index (Phi) is 6.14. The van der Waals surface area contributed by atoms with Gasteiger partial charge in [-0.3, -0.25) is 9.59 Å². The van der Waals surface area contributed by atoms with Crippen molar-refractivity contribution in [2.45, 2.75) is 30.7 Å². The molecule has 0 bridgehead atoms. The minimum absolute atomic E-state index is 0. The first-order valence-electron chi connectivity index (χ1n) is 8.40. The number of fused-ring (bicyclic) bond motifs is 1. The van der Waals surface area contributed by atoms with E-state index in [1.807, 2.05) is 4.90 Å². The topological polar surface area (TPSA) is 140 Å². The molecule has 1 aromatic heterocycles. The number of aliphatic hydroxyl groups is 1. The molecule has 0 unspecified atom stereocenters. The fraction of sp³-hybridized carbons (Fsp3) is 0.500. The van der Waals surface area contributed by atoms with Gasteiger partial charge in [0.25, 0.3) is 5.91 Å². The number of carboxylic acids is 1. The van der Waals surface area contributed by atoms with Gasteiger partial charge in [-0.1, -0.05) is 0 Å². The zero-order chi connectivity index (χ0) is 19.5. The molecule has 1 aromatic rings. The molecule has 0 radical (unpaired) electrons. The molecule has 0 spiro atoms. The molecule has 3 aliphatic heterocycles. The van der Waals surface area contributed by atoms with Gasteiger partial charge in [0.05, 0.1) is 29.7 Å². The van der Waals surface area contributed by atoms with Gasteiger partial charge < -0.3 is 30.5 Å². The number of β-lactam (4-membered cyclic amide) rings is 1. The van der Waals surface area contributed by atoms with E-state index in [-0.39, 0.29) is 58.1 Å². The molecule has 0 aromatic carbocycles. The Morgan fingerprint density at radius 2 is 2.14 bits per heavy atom. The average molecular weight is 432 g/mol. The van der Waals surface area contributed by atoms with Crippen LogP contribution in [0.4, 0.5) is 5.13 Å². The third kappa shape index (κ3) is 3.48. The third-order valence-electron chi connectivity index (χ3n) is 5.05. The number of hydrogen-bond acceptors (Lipinski definition) is 9. The summed E-state index contributed by atoms with van der Waals surface area (Å²) >= 11 is 2.77. The van der Waals surface area contributed by atoms with Crippen LogP contribution in [0.5, 0.6) is 0 Å². The normalized spacial score (nSPS) is 25.0. The third-order valence-corrected chi connectivity index (χ3v) is 7.23. The fourth-order valence-corrected chi connectivity index (χ4v) is 6.03. The largest absolute Gasteiger partial charge is 1.00 e. The van der Waals surface area contributed by atoms with Crippen molar-refractivity contribution in [3.63, 3.8) is 0 Å². The number of hydrogen-bond donors (Lipinski definition) is 2. The first-order chi connectivity index (χ1) is 12.8. The van der Waals surface area contributed by atoms with E-state index in [4.69, 9.17) is 5.73 Å². The number of aliphatic carboxylic acids is 1. The maximum absolute atomic E-state index is 12.2. The first-order valence-corrected chi connectivity index (χ1v) is 10.2. The summed E-state index contributed by atoms with van der Waals surface area (Å²) < 4.78 is 0. The van der Waals surface area contributed by atoms with Crippen molar-refractivity contribution < 1.29 is 54.2 Å². The number of aliphatic hydroxyl groups excluding tert-OH is 1. The number of amides is 2. The summed E-state index contributed by atoms with van der Waals surface area (Å²) in [4.78, 5) is 42.9. The Labute approximate surface area is 191 Å². The Morgan fingerprint density at radius 1 is 1.46 bits per heavy atom. The van der Waals surface area contributed by atoms with Gasteiger partial charge in [-0.25, -0.2) is 4.98 Å². The molecule has 3 N–H and O–H groups in total. The van der Waals surface area contributed by atoms with Gasteiger partial charge in [0.1, 0.15) is 5.69 Å². The minimum Gasteiger partial charge on any atom is -0.543 e. The van der Waals surface area contributed by atoms with Gasteiger partial charge in [0.2, 0.25) is 5.91 Å². The van der Waals surface area contributed by atoms with Crippen LogP contribution in [0.2, 0.25) is 0 Å². The standard InChI is InChI=1S/C16H18N4O5S2.Na/c1-6(21)11-9-2-10(12(15(24)25)20(9)14(11)23)27-7-3-19(4-7)16-18-8(5-26-16)13(17)22;/h5-7,9,11,21H,2-4H2,1H3,(H2,17,22)(H,24,25);/q;+1/p-1/t6-,9-,11-;/m1./s1. The van der Waals surface area contributed by atoms with Gasteiger partial charge in [-0.2, -0.15) is 0 Å². The van der Waals surface area contributed by atoms with Crippen LogP contribution in [0.25, 0.3) is 0 Å². The number of primary amides is 1. The van der Waals surface area contributed by atoms with Crippen LogP contribution in [0.1, 0.15) is 23.8 Å². The zero-order valence-corrected chi connectivity index (χ0v) is 19.0. The van der Waals surface area contributed by atoms with Crippen molar-refractivity contribution in [1.29, 1.82) is 0 Å². The van der Waals surface area contributed by atoms with Crippen LogP contribution in [0.3, 0.4) is 0 Å². The van der Waals surface area contributed by atoms with Crippen LogP contribution in [0.15, 0.2) is 16.0 Å². The number of carbonyl (C=O) groups is 3. The molecule has 2 fully saturated rings. The molecule has 3 atom stereocenters. The molecule has 12 heteroatoms. The van der Waals surface area contributed by atoms with Gasteiger partial charge in [0.15, 0.2) is 5.13 Å². The number of thiazole rings is 1. The number of aromatic nitrogens is 1. The SMILES string of the molecule is C[C@@H](O)[C@H]1C(=O)N2C(C(=O)[O-])=C(SC3CN(c4nc(C(N)=O)cs4)C3)C[C@H]12.[Na+]. The fourth-order valence-electron chi connectivity index (χ4n) is 3.72. The van der Waals surface area contributed by atoms with E-state index >= 15 is 0 Å². The molecule has 4 rings (SSSR count). The number of nitrogens with two attached hydrogens (primary N) is 1. The summed E-state index contributed by atoms with van der Waals surface area (Å²) in [5, 5.41) is 23.8.